The third-order valence-corrected chi connectivity index (χ3v) is 3.12. The van der Waals surface area contributed by atoms with E-state index in [-0.39, 0.29) is 11.8 Å². The maximum Gasteiger partial charge on any atom is 0.227 e. The topological polar surface area (TPSA) is 64.8 Å². The highest BCUT2D eigenvalue weighted by molar-refractivity contribution is 5.79. The Morgan fingerprint density at radius 1 is 1.10 bits per heavy atom. The van der Waals surface area contributed by atoms with Gasteiger partial charge in [0.05, 0.1) is 19.1 Å². The highest BCUT2D eigenvalue weighted by Crippen LogP contribution is 2.13. The molecule has 0 aromatic rings. The maximum absolute atomic E-state index is 12.5. The number of carbonyl (C=O) groups excluding carboxylic acids is 1. The van der Waals surface area contributed by atoms with Crippen molar-refractivity contribution in [2.75, 3.05) is 46.1 Å². The second kappa shape index (κ2) is 12.1. The first-order chi connectivity index (χ1) is 9.56. The van der Waals surface area contributed by atoms with Crippen LogP contribution < -0.4 is 5.73 Å². The Balaban J connectivity index is 4.48. The molecule has 0 saturated carbocycles. The number of hydrogen-bond acceptors (Lipinski definition) is 4. The zero-order chi connectivity index (χ0) is 15.4. The lowest BCUT2D eigenvalue weighted by molar-refractivity contribution is -0.137. The Bertz CT molecular complexity index is 237. The monoisotopic (exact) mass is 288 g/mol. The molecule has 1 unspecified atom stereocenters. The van der Waals surface area contributed by atoms with E-state index < -0.39 is 0 Å². The van der Waals surface area contributed by atoms with Gasteiger partial charge < -0.3 is 20.1 Å². The molecule has 0 aliphatic carbocycles. The van der Waals surface area contributed by atoms with Gasteiger partial charge in [-0.25, -0.2) is 0 Å². The van der Waals surface area contributed by atoms with Crippen LogP contribution in [0, 0.1) is 11.8 Å². The molecule has 0 bridgehead atoms. The van der Waals surface area contributed by atoms with Gasteiger partial charge in [-0.2, -0.15) is 0 Å². The molecule has 0 heterocycles. The zero-order valence-corrected chi connectivity index (χ0v) is 13.6. The largest absolute Gasteiger partial charge is 0.380 e. The number of nitrogens with two attached hydrogens (primary N) is 1. The fourth-order valence-electron chi connectivity index (χ4n) is 2.10. The fourth-order valence-corrected chi connectivity index (χ4v) is 2.10. The van der Waals surface area contributed by atoms with E-state index in [2.05, 4.69) is 13.8 Å². The van der Waals surface area contributed by atoms with Gasteiger partial charge in [-0.05, 0) is 26.2 Å². The second-order valence-electron chi connectivity index (χ2n) is 5.28. The number of amides is 1. The minimum Gasteiger partial charge on any atom is -0.380 e. The molecule has 1 amide bonds. The molecule has 5 nitrogen and oxygen atoms in total. The van der Waals surface area contributed by atoms with Gasteiger partial charge in [0.15, 0.2) is 0 Å². The standard InChI is InChI=1S/C15H32N2O3/c1-5-19-9-7-17(8-10-20-6-2)15(18)14(12-16)11-13(3)4/h13-14H,5-12,16H2,1-4H3. The molecule has 0 aromatic carbocycles. The number of hydrogen-bond donors (Lipinski definition) is 1. The fraction of sp³-hybridized carbons (Fsp3) is 0.933. The minimum absolute atomic E-state index is 0.0988. The van der Waals surface area contributed by atoms with Crippen LogP contribution in [0.4, 0.5) is 0 Å². The van der Waals surface area contributed by atoms with Crippen molar-refractivity contribution in [3.8, 4) is 0 Å². The van der Waals surface area contributed by atoms with Crippen molar-refractivity contribution in [2.45, 2.75) is 34.1 Å². The first-order valence-electron chi connectivity index (χ1n) is 7.71. The molecule has 2 N–H and O–H groups in total. The number of ether oxygens (including phenoxy) is 2. The van der Waals surface area contributed by atoms with Crippen molar-refractivity contribution in [3.63, 3.8) is 0 Å². The molecule has 120 valence electrons. The second-order valence-corrected chi connectivity index (χ2v) is 5.28. The summed E-state index contributed by atoms with van der Waals surface area (Å²) in [5.74, 6) is 0.493. The van der Waals surface area contributed by atoms with Gasteiger partial charge in [0.2, 0.25) is 5.91 Å². The lowest BCUT2D eigenvalue weighted by Crippen LogP contribution is -2.43. The molecule has 0 spiro atoms. The first-order valence-corrected chi connectivity index (χ1v) is 7.71. The van der Waals surface area contributed by atoms with Crippen LogP contribution in [0.5, 0.6) is 0 Å². The van der Waals surface area contributed by atoms with Crippen LogP contribution in [0.15, 0.2) is 0 Å². The Kier molecular flexibility index (Phi) is 11.7. The maximum atomic E-state index is 12.5. The van der Waals surface area contributed by atoms with Gasteiger partial charge in [0.1, 0.15) is 0 Å². The molecule has 0 saturated heterocycles. The van der Waals surface area contributed by atoms with Gasteiger partial charge in [0.25, 0.3) is 0 Å². The number of carbonyl (C=O) groups is 1. The molecule has 0 rings (SSSR count). The van der Waals surface area contributed by atoms with Crippen molar-refractivity contribution in [3.05, 3.63) is 0 Å². The quantitative estimate of drug-likeness (QED) is 0.553. The first kappa shape index (κ1) is 19.4. The lowest BCUT2D eigenvalue weighted by atomic mass is 9.96. The predicted octanol–water partition coefficient (Wildman–Crippen LogP) is 1.51. The lowest BCUT2D eigenvalue weighted by Gasteiger charge is -2.27. The number of nitrogens with zero attached hydrogens (tertiary/aromatic N) is 1. The summed E-state index contributed by atoms with van der Waals surface area (Å²) in [5.41, 5.74) is 5.76. The normalized spacial score (nSPS) is 12.7. The van der Waals surface area contributed by atoms with Crippen molar-refractivity contribution >= 4 is 5.91 Å². The molecular weight excluding hydrogens is 256 g/mol. The van der Waals surface area contributed by atoms with Crippen LogP contribution in [-0.2, 0) is 14.3 Å². The molecule has 20 heavy (non-hydrogen) atoms. The van der Waals surface area contributed by atoms with Crippen LogP contribution in [0.25, 0.3) is 0 Å². The summed E-state index contributed by atoms with van der Waals surface area (Å²) in [6, 6.07) is 0. The van der Waals surface area contributed by atoms with Crippen molar-refractivity contribution in [1.29, 1.82) is 0 Å². The summed E-state index contributed by atoms with van der Waals surface area (Å²) in [4.78, 5) is 14.4. The van der Waals surface area contributed by atoms with E-state index in [4.69, 9.17) is 15.2 Å². The zero-order valence-electron chi connectivity index (χ0n) is 13.6. The van der Waals surface area contributed by atoms with Crippen molar-refractivity contribution < 1.29 is 14.3 Å². The Hall–Kier alpha value is -0.650. The van der Waals surface area contributed by atoms with Crippen molar-refractivity contribution in [2.24, 2.45) is 17.6 Å². The summed E-state index contributed by atoms with van der Waals surface area (Å²) >= 11 is 0. The van der Waals surface area contributed by atoms with E-state index in [9.17, 15) is 4.79 Å². The third-order valence-electron chi connectivity index (χ3n) is 3.12. The Morgan fingerprint density at radius 2 is 1.60 bits per heavy atom. The summed E-state index contributed by atoms with van der Waals surface area (Å²) in [7, 11) is 0. The highest BCUT2D eigenvalue weighted by atomic mass is 16.5. The van der Waals surface area contributed by atoms with Gasteiger partial charge in [-0.3, -0.25) is 4.79 Å². The Morgan fingerprint density at radius 3 is 1.95 bits per heavy atom. The summed E-state index contributed by atoms with van der Waals surface area (Å²) < 4.78 is 10.7. The van der Waals surface area contributed by atoms with E-state index >= 15 is 0 Å². The van der Waals surface area contributed by atoms with E-state index in [0.717, 1.165) is 6.42 Å². The third kappa shape index (κ3) is 8.51. The molecule has 0 aliphatic rings. The highest BCUT2D eigenvalue weighted by Gasteiger charge is 2.23. The van der Waals surface area contributed by atoms with E-state index in [1.54, 1.807) is 0 Å². The minimum atomic E-state index is -0.0988. The molecular formula is C15H32N2O3. The van der Waals surface area contributed by atoms with Crippen LogP contribution in [-0.4, -0.2) is 56.9 Å². The average Bonchev–Trinajstić information content (AvgIpc) is 2.42. The van der Waals surface area contributed by atoms with Gasteiger partial charge in [0, 0.05) is 32.8 Å². The average molecular weight is 288 g/mol. The smallest absolute Gasteiger partial charge is 0.227 e. The SMILES string of the molecule is CCOCCN(CCOCC)C(=O)C(CN)CC(C)C. The van der Waals surface area contributed by atoms with Crippen LogP contribution in [0.2, 0.25) is 0 Å². The molecule has 0 radical (unpaired) electrons. The van der Waals surface area contributed by atoms with E-state index in [1.807, 2.05) is 18.7 Å². The van der Waals surface area contributed by atoms with Gasteiger partial charge >= 0.3 is 0 Å². The van der Waals surface area contributed by atoms with E-state index in [0.29, 0.717) is 52.0 Å². The summed E-state index contributed by atoms with van der Waals surface area (Å²) in [6.07, 6.45) is 0.828. The summed E-state index contributed by atoms with van der Waals surface area (Å²) in [5, 5.41) is 0. The Labute approximate surface area is 123 Å². The van der Waals surface area contributed by atoms with Gasteiger partial charge in [-0.15, -0.1) is 0 Å². The van der Waals surface area contributed by atoms with Crippen LogP contribution in [0.3, 0.4) is 0 Å². The van der Waals surface area contributed by atoms with Crippen LogP contribution in [0.1, 0.15) is 34.1 Å². The molecule has 0 aliphatic heterocycles. The predicted molar refractivity (Wildman–Crippen MR) is 81.6 cm³/mol. The number of rotatable bonds is 12. The van der Waals surface area contributed by atoms with E-state index in [1.165, 1.54) is 0 Å². The van der Waals surface area contributed by atoms with Gasteiger partial charge in [-0.1, -0.05) is 13.8 Å². The van der Waals surface area contributed by atoms with Crippen molar-refractivity contribution in [1.82, 2.24) is 4.90 Å². The molecule has 5 heteroatoms. The molecule has 0 fully saturated rings. The molecule has 1 atom stereocenters. The van der Waals surface area contributed by atoms with Crippen LogP contribution >= 0.6 is 0 Å². The summed E-state index contributed by atoms with van der Waals surface area (Å²) in [6.45, 7) is 12.2. The molecule has 0 aromatic heterocycles.